The molecule has 268 valence electrons. The van der Waals surface area contributed by atoms with Crippen molar-refractivity contribution in [2.24, 2.45) is 0 Å². The molecule has 0 aliphatic carbocycles. The topological polar surface area (TPSA) is 16.4 Å². The maximum Gasteiger partial charge on any atom is 0.136 e. The Labute approximate surface area is 333 Å². The van der Waals surface area contributed by atoms with Crippen LogP contribution in [0.5, 0.6) is 0 Å². The molecule has 0 spiro atoms. The largest absolute Gasteiger partial charge is 0.456 e. The number of furan rings is 1. The van der Waals surface area contributed by atoms with E-state index in [4.69, 9.17) is 4.42 Å². The smallest absolute Gasteiger partial charge is 0.136 e. The van der Waals surface area contributed by atoms with Crippen LogP contribution in [0.3, 0.4) is 0 Å². The molecule has 0 radical (unpaired) electrons. The Bertz CT molecular complexity index is 3800. The van der Waals surface area contributed by atoms with Crippen molar-refractivity contribution >= 4 is 114 Å². The van der Waals surface area contributed by atoms with E-state index in [0.717, 1.165) is 50.1 Å². The Balaban J connectivity index is 1.09. The average Bonchev–Trinajstić information content (AvgIpc) is 3.66. The molecule has 2 heteroatoms. The molecule has 13 rings (SSSR count). The zero-order valence-electron chi connectivity index (χ0n) is 31.4. The van der Waals surface area contributed by atoms with Crippen LogP contribution in [-0.2, 0) is 0 Å². The van der Waals surface area contributed by atoms with Crippen molar-refractivity contribution in [1.82, 2.24) is 0 Å². The van der Waals surface area contributed by atoms with Gasteiger partial charge in [0, 0.05) is 32.9 Å². The first-order valence-electron chi connectivity index (χ1n) is 20.0. The Morgan fingerprint density at radius 1 is 0.276 bits per heavy atom. The van der Waals surface area contributed by atoms with Crippen LogP contribution >= 0.6 is 0 Å². The lowest BCUT2D eigenvalue weighted by Gasteiger charge is -2.28. The van der Waals surface area contributed by atoms with Crippen LogP contribution in [0.1, 0.15) is 0 Å². The van der Waals surface area contributed by atoms with Crippen LogP contribution in [0.25, 0.3) is 108 Å². The third kappa shape index (κ3) is 4.48. The van der Waals surface area contributed by atoms with Crippen LogP contribution in [0.2, 0.25) is 0 Å². The van der Waals surface area contributed by atoms with Gasteiger partial charge in [-0.25, -0.2) is 0 Å². The van der Waals surface area contributed by atoms with E-state index in [0.29, 0.717) is 0 Å². The van der Waals surface area contributed by atoms with Gasteiger partial charge in [-0.3, -0.25) is 0 Å². The number of rotatable bonds is 4. The SMILES string of the molecule is c1ccc2cc(N(c3ccc(-c4ccc5c(c4)oc4ccccc45)cc3)c3cc4cccc5c6cccc7ccc8cccc(c9cccc3c9c45)c8c76)ccc2c1. The van der Waals surface area contributed by atoms with Crippen molar-refractivity contribution < 1.29 is 4.42 Å². The molecule has 0 atom stereocenters. The highest BCUT2D eigenvalue weighted by Crippen LogP contribution is 2.48. The van der Waals surface area contributed by atoms with Gasteiger partial charge in [-0.2, -0.15) is 0 Å². The molecule has 0 unspecified atom stereocenters. The fraction of sp³-hybridized carbons (Fsp3) is 0. The van der Waals surface area contributed by atoms with Crippen LogP contribution in [0.15, 0.2) is 205 Å². The lowest BCUT2D eigenvalue weighted by Crippen LogP contribution is -2.11. The second-order valence-electron chi connectivity index (χ2n) is 15.6. The maximum atomic E-state index is 6.29. The molecule has 0 aliphatic heterocycles. The summed E-state index contributed by atoms with van der Waals surface area (Å²) in [5.41, 5.74) is 7.44. The number of para-hydroxylation sites is 1. The van der Waals surface area contributed by atoms with Crippen molar-refractivity contribution in [3.8, 4) is 11.1 Å². The Hall–Kier alpha value is -7.68. The van der Waals surface area contributed by atoms with Gasteiger partial charge < -0.3 is 9.32 Å². The van der Waals surface area contributed by atoms with E-state index >= 15 is 0 Å². The summed E-state index contributed by atoms with van der Waals surface area (Å²) in [5.74, 6) is 0. The molecule has 0 saturated heterocycles. The minimum atomic E-state index is 0.904. The lowest BCUT2D eigenvalue weighted by molar-refractivity contribution is 0.669. The second-order valence-corrected chi connectivity index (χ2v) is 15.6. The molecular weight excluding hydrogens is 703 g/mol. The number of hydrogen-bond donors (Lipinski definition) is 0. The molecule has 13 aromatic rings. The minimum Gasteiger partial charge on any atom is -0.456 e. The van der Waals surface area contributed by atoms with Crippen molar-refractivity contribution in [1.29, 1.82) is 0 Å². The van der Waals surface area contributed by atoms with Gasteiger partial charge >= 0.3 is 0 Å². The maximum absolute atomic E-state index is 6.29. The zero-order valence-corrected chi connectivity index (χ0v) is 31.4. The Morgan fingerprint density at radius 2 is 0.793 bits per heavy atom. The van der Waals surface area contributed by atoms with E-state index in [1.807, 2.05) is 12.1 Å². The first-order chi connectivity index (χ1) is 28.7. The summed E-state index contributed by atoms with van der Waals surface area (Å²) in [6.07, 6.45) is 0. The van der Waals surface area contributed by atoms with E-state index in [-0.39, 0.29) is 0 Å². The summed E-state index contributed by atoms with van der Waals surface area (Å²) in [7, 11) is 0. The highest BCUT2D eigenvalue weighted by molar-refractivity contribution is 6.38. The molecule has 0 amide bonds. The van der Waals surface area contributed by atoms with Crippen LogP contribution in [-0.4, -0.2) is 0 Å². The summed E-state index contributed by atoms with van der Waals surface area (Å²) in [6.45, 7) is 0. The van der Waals surface area contributed by atoms with Gasteiger partial charge in [-0.1, -0.05) is 152 Å². The van der Waals surface area contributed by atoms with E-state index in [9.17, 15) is 0 Å². The van der Waals surface area contributed by atoms with Gasteiger partial charge in [0.05, 0.1) is 5.69 Å². The molecule has 12 aromatic carbocycles. The Morgan fingerprint density at radius 3 is 1.55 bits per heavy atom. The first-order valence-corrected chi connectivity index (χ1v) is 20.0. The van der Waals surface area contributed by atoms with E-state index < -0.39 is 0 Å². The van der Waals surface area contributed by atoms with Gasteiger partial charge in [0.1, 0.15) is 11.2 Å². The zero-order chi connectivity index (χ0) is 37.9. The van der Waals surface area contributed by atoms with E-state index in [1.165, 1.54) is 75.4 Å². The van der Waals surface area contributed by atoms with Crippen LogP contribution < -0.4 is 4.90 Å². The van der Waals surface area contributed by atoms with Gasteiger partial charge in [-0.05, 0) is 124 Å². The van der Waals surface area contributed by atoms with Gasteiger partial charge in [0.2, 0.25) is 0 Å². The van der Waals surface area contributed by atoms with Crippen molar-refractivity contribution in [2.75, 3.05) is 4.90 Å². The highest BCUT2D eigenvalue weighted by atomic mass is 16.3. The number of hydrogen-bond acceptors (Lipinski definition) is 2. The van der Waals surface area contributed by atoms with Gasteiger partial charge in [-0.15, -0.1) is 0 Å². The predicted octanol–water partition coefficient (Wildman–Crippen LogP) is 16.2. The number of anilines is 3. The predicted molar refractivity (Wildman–Crippen MR) is 248 cm³/mol. The molecule has 0 N–H and O–H groups in total. The highest BCUT2D eigenvalue weighted by Gasteiger charge is 2.22. The van der Waals surface area contributed by atoms with Crippen LogP contribution in [0.4, 0.5) is 17.1 Å². The number of fused-ring (bicyclic) bond motifs is 6. The molecule has 58 heavy (non-hydrogen) atoms. The third-order valence-corrected chi connectivity index (χ3v) is 12.5. The third-order valence-electron chi connectivity index (χ3n) is 12.5. The molecule has 0 saturated carbocycles. The molecular formula is C56H33NO. The summed E-state index contributed by atoms with van der Waals surface area (Å²) in [6, 6.07) is 73.6. The van der Waals surface area contributed by atoms with E-state index in [1.54, 1.807) is 0 Å². The van der Waals surface area contributed by atoms with Gasteiger partial charge in [0.25, 0.3) is 0 Å². The fourth-order valence-electron chi connectivity index (χ4n) is 9.92. The monoisotopic (exact) mass is 735 g/mol. The van der Waals surface area contributed by atoms with Crippen molar-refractivity contribution in [2.45, 2.75) is 0 Å². The van der Waals surface area contributed by atoms with Crippen LogP contribution in [0, 0.1) is 0 Å². The fourth-order valence-corrected chi connectivity index (χ4v) is 9.92. The normalized spacial score (nSPS) is 12.1. The number of nitrogens with zero attached hydrogens (tertiary/aromatic N) is 1. The summed E-state index contributed by atoms with van der Waals surface area (Å²) in [4.78, 5) is 2.46. The average molecular weight is 736 g/mol. The summed E-state index contributed by atoms with van der Waals surface area (Å²) < 4.78 is 6.29. The van der Waals surface area contributed by atoms with Crippen molar-refractivity contribution in [3.05, 3.63) is 200 Å². The first kappa shape index (κ1) is 31.5. The molecule has 0 aliphatic rings. The summed E-state index contributed by atoms with van der Waals surface area (Å²) >= 11 is 0. The molecule has 2 nitrogen and oxygen atoms in total. The summed E-state index contributed by atoms with van der Waals surface area (Å²) in [5, 5.41) is 20.0. The van der Waals surface area contributed by atoms with E-state index in [2.05, 4.69) is 193 Å². The van der Waals surface area contributed by atoms with Gasteiger partial charge in [0.15, 0.2) is 0 Å². The second kappa shape index (κ2) is 11.9. The molecule has 0 bridgehead atoms. The Kier molecular flexibility index (Phi) is 6.47. The quantitative estimate of drug-likeness (QED) is 0.167. The standard InChI is InChI=1S/C56H33NO/c1-2-10-38-31-42(29-25-34(38)9-1)57(41-27-23-35(24-28-41)39-26-30-44-43-14-3-4-20-51(43)58-52(44)33-39)50-32-40-13-7-17-46-45-15-5-11-36-21-22-37-12-6-16-47(54(37)53(36)45)48-18-8-19-49(50)56(48)55(40)46/h1-33H. The molecule has 1 aromatic heterocycles. The molecule has 1 heterocycles. The molecule has 0 fully saturated rings. The minimum absolute atomic E-state index is 0.904. The van der Waals surface area contributed by atoms with Crippen molar-refractivity contribution in [3.63, 3.8) is 0 Å². The number of benzene rings is 11. The lowest BCUT2D eigenvalue weighted by atomic mass is 9.87.